The highest BCUT2D eigenvalue weighted by Crippen LogP contribution is 2.64. The van der Waals surface area contributed by atoms with Crippen LogP contribution < -0.4 is 0 Å². The van der Waals surface area contributed by atoms with Gasteiger partial charge in [0.2, 0.25) is 0 Å². The van der Waals surface area contributed by atoms with Gasteiger partial charge >= 0.3 is 5.97 Å². The Hall–Kier alpha value is -0.610. The van der Waals surface area contributed by atoms with Gasteiger partial charge in [0.25, 0.3) is 0 Å². The van der Waals surface area contributed by atoms with Crippen LogP contribution in [0.4, 0.5) is 0 Å². The second kappa shape index (κ2) is 6.36. The molecule has 1 heterocycles. The van der Waals surface area contributed by atoms with Crippen LogP contribution in [0.5, 0.6) is 0 Å². The molecule has 0 aromatic carbocycles. The number of aliphatic hydroxyl groups is 1. The first-order valence-electron chi connectivity index (χ1n) is 9.46. The average Bonchev–Trinajstić information content (AvgIpc) is 3.16. The Morgan fingerprint density at radius 1 is 1.17 bits per heavy atom. The average molecular weight is 324 g/mol. The normalized spacial score (nSPS) is 44.1. The van der Waals surface area contributed by atoms with Crippen LogP contribution in [0.15, 0.2) is 0 Å². The third kappa shape index (κ3) is 2.82. The summed E-state index contributed by atoms with van der Waals surface area (Å²) in [5.74, 6) is 2.32. The molecule has 4 nitrogen and oxygen atoms in total. The zero-order chi connectivity index (χ0) is 16.8. The maximum Gasteiger partial charge on any atom is 0.308 e. The van der Waals surface area contributed by atoms with E-state index >= 15 is 0 Å². The summed E-state index contributed by atoms with van der Waals surface area (Å²) in [6.45, 7) is 8.44. The summed E-state index contributed by atoms with van der Waals surface area (Å²) in [6.07, 6.45) is 5.22. The summed E-state index contributed by atoms with van der Waals surface area (Å²) >= 11 is 0. The van der Waals surface area contributed by atoms with Gasteiger partial charge < -0.3 is 14.6 Å². The van der Waals surface area contributed by atoms with E-state index in [2.05, 4.69) is 13.8 Å². The van der Waals surface area contributed by atoms with E-state index in [0.717, 1.165) is 19.3 Å². The van der Waals surface area contributed by atoms with Crippen molar-refractivity contribution >= 4 is 5.97 Å². The Balaban J connectivity index is 1.75. The molecule has 3 fully saturated rings. The van der Waals surface area contributed by atoms with E-state index in [1.807, 2.05) is 6.92 Å². The van der Waals surface area contributed by atoms with E-state index in [1.165, 1.54) is 6.42 Å². The lowest BCUT2D eigenvalue weighted by Gasteiger charge is -2.41. The zero-order valence-corrected chi connectivity index (χ0v) is 15.0. The highest BCUT2D eigenvalue weighted by Gasteiger charge is 2.63. The molecule has 8 atom stereocenters. The van der Waals surface area contributed by atoms with Crippen LogP contribution >= 0.6 is 0 Å². The van der Waals surface area contributed by atoms with Crippen LogP contribution in [-0.4, -0.2) is 35.5 Å². The number of rotatable bonds is 6. The van der Waals surface area contributed by atoms with E-state index in [4.69, 9.17) is 9.47 Å². The standard InChI is InChI=1S/C19H32O4/c1-5-14-17-11-8-12(18(17)15(6-2)23-14)13(9-11)19(4,21)10-16(20)22-7-3/h11-15,17-18,21H,5-10H2,1-4H3. The maximum absolute atomic E-state index is 11.9. The highest BCUT2D eigenvalue weighted by atomic mass is 16.5. The van der Waals surface area contributed by atoms with E-state index in [-0.39, 0.29) is 18.3 Å². The Morgan fingerprint density at radius 2 is 1.83 bits per heavy atom. The molecule has 4 heteroatoms. The number of carbonyl (C=O) groups is 1. The fourth-order valence-electron chi connectivity index (χ4n) is 6.02. The van der Waals surface area contributed by atoms with Crippen LogP contribution in [0.25, 0.3) is 0 Å². The molecule has 132 valence electrons. The van der Waals surface area contributed by atoms with Crippen molar-refractivity contribution < 1.29 is 19.4 Å². The van der Waals surface area contributed by atoms with Crippen molar-refractivity contribution in [2.75, 3.05) is 6.61 Å². The van der Waals surface area contributed by atoms with Gasteiger partial charge in [0.1, 0.15) is 0 Å². The number of esters is 1. The molecular formula is C19H32O4. The van der Waals surface area contributed by atoms with Crippen LogP contribution in [0, 0.1) is 29.6 Å². The summed E-state index contributed by atoms with van der Waals surface area (Å²) < 4.78 is 11.4. The van der Waals surface area contributed by atoms with Crippen molar-refractivity contribution in [3.8, 4) is 0 Å². The van der Waals surface area contributed by atoms with E-state index in [1.54, 1.807) is 6.92 Å². The van der Waals surface area contributed by atoms with Gasteiger partial charge in [-0.2, -0.15) is 0 Å². The van der Waals surface area contributed by atoms with E-state index in [0.29, 0.717) is 42.5 Å². The molecule has 8 unspecified atom stereocenters. The van der Waals surface area contributed by atoms with Crippen molar-refractivity contribution in [3.05, 3.63) is 0 Å². The molecule has 0 radical (unpaired) electrons. The minimum Gasteiger partial charge on any atom is -0.466 e. The quantitative estimate of drug-likeness (QED) is 0.763. The Kier molecular flexibility index (Phi) is 4.76. The monoisotopic (exact) mass is 324 g/mol. The predicted molar refractivity (Wildman–Crippen MR) is 87.8 cm³/mol. The van der Waals surface area contributed by atoms with Crippen LogP contribution in [0.1, 0.15) is 59.8 Å². The number of carbonyl (C=O) groups excluding carboxylic acids is 1. The van der Waals surface area contributed by atoms with Gasteiger partial charge in [-0.15, -0.1) is 0 Å². The van der Waals surface area contributed by atoms with Gasteiger partial charge in [-0.1, -0.05) is 13.8 Å². The minimum atomic E-state index is -0.959. The number of ether oxygens (including phenoxy) is 2. The summed E-state index contributed by atoms with van der Waals surface area (Å²) in [7, 11) is 0. The lowest BCUT2D eigenvalue weighted by atomic mass is 9.65. The molecule has 2 aliphatic carbocycles. The molecule has 3 rings (SSSR count). The Labute approximate surface area is 139 Å². The second-order valence-corrected chi connectivity index (χ2v) is 8.02. The molecule has 2 saturated carbocycles. The molecule has 1 N–H and O–H groups in total. The summed E-state index contributed by atoms with van der Waals surface area (Å²) in [4.78, 5) is 11.9. The van der Waals surface area contributed by atoms with Gasteiger partial charge in [-0.05, 0) is 69.1 Å². The van der Waals surface area contributed by atoms with E-state index < -0.39 is 5.60 Å². The highest BCUT2D eigenvalue weighted by molar-refractivity contribution is 5.70. The Morgan fingerprint density at radius 3 is 2.43 bits per heavy atom. The smallest absolute Gasteiger partial charge is 0.308 e. The molecule has 23 heavy (non-hydrogen) atoms. The Bertz CT molecular complexity index is 447. The van der Waals surface area contributed by atoms with Crippen molar-refractivity contribution in [2.24, 2.45) is 29.6 Å². The molecule has 0 aromatic heterocycles. The lowest BCUT2D eigenvalue weighted by molar-refractivity contribution is -0.152. The molecule has 2 bridgehead atoms. The molecule has 1 saturated heterocycles. The number of hydrogen-bond donors (Lipinski definition) is 1. The van der Waals surface area contributed by atoms with Gasteiger partial charge in [-0.3, -0.25) is 4.79 Å². The third-order valence-corrected chi connectivity index (χ3v) is 6.75. The van der Waals surface area contributed by atoms with Crippen LogP contribution in [0.3, 0.4) is 0 Å². The van der Waals surface area contributed by atoms with Gasteiger partial charge in [0.05, 0.1) is 30.8 Å². The second-order valence-electron chi connectivity index (χ2n) is 8.02. The molecule has 3 aliphatic rings. The molecule has 1 aliphatic heterocycles. The van der Waals surface area contributed by atoms with Crippen molar-refractivity contribution in [2.45, 2.75) is 77.6 Å². The third-order valence-electron chi connectivity index (χ3n) is 6.75. The molecule has 0 spiro atoms. The van der Waals surface area contributed by atoms with Gasteiger partial charge in [-0.25, -0.2) is 0 Å². The summed E-state index contributed by atoms with van der Waals surface area (Å²) in [5, 5.41) is 11.0. The van der Waals surface area contributed by atoms with Crippen molar-refractivity contribution in [1.82, 2.24) is 0 Å². The number of hydrogen-bond acceptors (Lipinski definition) is 4. The summed E-state index contributed by atoms with van der Waals surface area (Å²) in [6, 6.07) is 0. The maximum atomic E-state index is 11.9. The SMILES string of the molecule is CCOC(=O)CC(C)(O)C1CC2CC1C1C(CC)OC(CC)C21. The molecular weight excluding hydrogens is 292 g/mol. The molecule has 0 amide bonds. The largest absolute Gasteiger partial charge is 0.466 e. The lowest BCUT2D eigenvalue weighted by Crippen LogP contribution is -2.45. The first kappa shape index (κ1) is 17.2. The fraction of sp³-hybridized carbons (Fsp3) is 0.947. The zero-order valence-electron chi connectivity index (χ0n) is 15.0. The number of fused-ring (bicyclic) bond motifs is 5. The van der Waals surface area contributed by atoms with Gasteiger partial charge in [0.15, 0.2) is 0 Å². The van der Waals surface area contributed by atoms with Crippen LogP contribution in [0.2, 0.25) is 0 Å². The van der Waals surface area contributed by atoms with Crippen molar-refractivity contribution in [1.29, 1.82) is 0 Å². The summed E-state index contributed by atoms with van der Waals surface area (Å²) in [5.41, 5.74) is -0.959. The molecule has 0 aromatic rings. The first-order valence-corrected chi connectivity index (χ1v) is 9.46. The van der Waals surface area contributed by atoms with Gasteiger partial charge in [0, 0.05) is 0 Å². The minimum absolute atomic E-state index is 0.112. The van der Waals surface area contributed by atoms with E-state index in [9.17, 15) is 9.90 Å². The van der Waals surface area contributed by atoms with Crippen LogP contribution in [-0.2, 0) is 14.3 Å². The topological polar surface area (TPSA) is 55.8 Å². The fourth-order valence-corrected chi connectivity index (χ4v) is 6.02. The first-order chi connectivity index (χ1) is 10.9. The predicted octanol–water partition coefficient (Wildman–Crippen LogP) is 3.17. The van der Waals surface area contributed by atoms with Crippen molar-refractivity contribution in [3.63, 3.8) is 0 Å².